The van der Waals surface area contributed by atoms with Gasteiger partial charge in [0.15, 0.2) is 0 Å². The fourth-order valence-corrected chi connectivity index (χ4v) is 2.16. The number of ether oxygens (including phenoxy) is 1. The summed E-state index contributed by atoms with van der Waals surface area (Å²) in [6, 6.07) is 0.716. The van der Waals surface area contributed by atoms with Crippen LogP contribution in [0, 0.1) is 5.92 Å². The summed E-state index contributed by atoms with van der Waals surface area (Å²) in [7, 11) is 0. The molecule has 2 heteroatoms. The van der Waals surface area contributed by atoms with Crippen molar-refractivity contribution in [3.63, 3.8) is 0 Å². The second-order valence-electron chi connectivity index (χ2n) is 4.43. The monoisotopic (exact) mass is 199 g/mol. The van der Waals surface area contributed by atoms with Crippen LogP contribution in [0.1, 0.15) is 46.5 Å². The van der Waals surface area contributed by atoms with Crippen molar-refractivity contribution in [3.8, 4) is 0 Å². The van der Waals surface area contributed by atoms with Gasteiger partial charge in [0.05, 0.1) is 6.10 Å². The lowest BCUT2D eigenvalue weighted by Crippen LogP contribution is -2.34. The molecule has 0 aromatic heterocycles. The lowest BCUT2D eigenvalue weighted by Gasteiger charge is -2.20. The molecule has 3 atom stereocenters. The van der Waals surface area contributed by atoms with Gasteiger partial charge in [-0.05, 0) is 32.1 Å². The fraction of sp³-hybridized carbons (Fsp3) is 1.00. The standard InChI is InChI=1S/C12H25NO/c1-4-6-12(5-2)13-9-11-7-8-14-10(11)3/h10-13H,4-9H2,1-3H3. The van der Waals surface area contributed by atoms with Crippen molar-refractivity contribution in [1.82, 2.24) is 5.32 Å². The van der Waals surface area contributed by atoms with Crippen LogP contribution in [-0.2, 0) is 4.74 Å². The van der Waals surface area contributed by atoms with Gasteiger partial charge in [0.2, 0.25) is 0 Å². The van der Waals surface area contributed by atoms with Crippen molar-refractivity contribution in [3.05, 3.63) is 0 Å². The minimum atomic E-state index is 0.460. The minimum Gasteiger partial charge on any atom is -0.378 e. The molecule has 0 saturated carbocycles. The fourth-order valence-electron chi connectivity index (χ4n) is 2.16. The van der Waals surface area contributed by atoms with Crippen LogP contribution in [0.15, 0.2) is 0 Å². The van der Waals surface area contributed by atoms with E-state index in [4.69, 9.17) is 4.74 Å². The molecule has 0 aromatic carbocycles. The lowest BCUT2D eigenvalue weighted by atomic mass is 10.0. The third-order valence-electron chi connectivity index (χ3n) is 3.33. The highest BCUT2D eigenvalue weighted by atomic mass is 16.5. The van der Waals surface area contributed by atoms with E-state index >= 15 is 0 Å². The molecule has 3 unspecified atom stereocenters. The Hall–Kier alpha value is -0.0800. The van der Waals surface area contributed by atoms with Gasteiger partial charge in [-0.15, -0.1) is 0 Å². The van der Waals surface area contributed by atoms with E-state index in [9.17, 15) is 0 Å². The topological polar surface area (TPSA) is 21.3 Å². The molecule has 0 amide bonds. The van der Waals surface area contributed by atoms with Crippen LogP contribution < -0.4 is 5.32 Å². The molecule has 1 saturated heterocycles. The van der Waals surface area contributed by atoms with Crippen molar-refractivity contribution >= 4 is 0 Å². The van der Waals surface area contributed by atoms with Gasteiger partial charge in [-0.25, -0.2) is 0 Å². The zero-order valence-electron chi connectivity index (χ0n) is 9.88. The maximum atomic E-state index is 5.55. The first-order valence-electron chi connectivity index (χ1n) is 6.12. The van der Waals surface area contributed by atoms with E-state index in [1.165, 1.54) is 25.7 Å². The second-order valence-corrected chi connectivity index (χ2v) is 4.43. The van der Waals surface area contributed by atoms with Crippen molar-refractivity contribution in [2.75, 3.05) is 13.2 Å². The van der Waals surface area contributed by atoms with Gasteiger partial charge < -0.3 is 10.1 Å². The molecule has 1 N–H and O–H groups in total. The number of hydrogen-bond donors (Lipinski definition) is 1. The first-order valence-corrected chi connectivity index (χ1v) is 6.12. The van der Waals surface area contributed by atoms with Crippen molar-refractivity contribution in [2.45, 2.75) is 58.6 Å². The molecule has 0 bridgehead atoms. The second kappa shape index (κ2) is 6.41. The molecular weight excluding hydrogens is 174 g/mol. The van der Waals surface area contributed by atoms with Crippen LogP contribution in [0.3, 0.4) is 0 Å². The van der Waals surface area contributed by atoms with Crippen LogP contribution >= 0.6 is 0 Å². The Kier molecular flexibility index (Phi) is 5.49. The smallest absolute Gasteiger partial charge is 0.0588 e. The van der Waals surface area contributed by atoms with Crippen molar-refractivity contribution in [2.24, 2.45) is 5.92 Å². The van der Waals surface area contributed by atoms with Gasteiger partial charge >= 0.3 is 0 Å². The average Bonchev–Trinajstić information content (AvgIpc) is 2.59. The first-order chi connectivity index (χ1) is 6.77. The molecule has 84 valence electrons. The van der Waals surface area contributed by atoms with E-state index in [0.717, 1.165) is 19.1 Å². The van der Waals surface area contributed by atoms with Gasteiger partial charge in [-0.3, -0.25) is 0 Å². The molecule has 1 heterocycles. The summed E-state index contributed by atoms with van der Waals surface area (Å²) in [4.78, 5) is 0. The molecule has 1 aliphatic heterocycles. The van der Waals surface area contributed by atoms with E-state index in [1.54, 1.807) is 0 Å². The van der Waals surface area contributed by atoms with Crippen molar-refractivity contribution in [1.29, 1.82) is 0 Å². The highest BCUT2D eigenvalue weighted by molar-refractivity contribution is 4.76. The van der Waals surface area contributed by atoms with E-state index in [2.05, 4.69) is 26.1 Å². The molecule has 0 radical (unpaired) electrons. The summed E-state index contributed by atoms with van der Waals surface area (Å²) < 4.78 is 5.55. The number of hydrogen-bond acceptors (Lipinski definition) is 2. The van der Waals surface area contributed by atoms with Gasteiger partial charge in [0, 0.05) is 19.2 Å². The molecule has 14 heavy (non-hydrogen) atoms. The van der Waals surface area contributed by atoms with Gasteiger partial charge in [0.25, 0.3) is 0 Å². The maximum absolute atomic E-state index is 5.55. The molecule has 1 fully saturated rings. The zero-order chi connectivity index (χ0) is 10.4. The third kappa shape index (κ3) is 3.58. The SMILES string of the molecule is CCCC(CC)NCC1CCOC1C. The van der Waals surface area contributed by atoms with Crippen LogP contribution in [0.25, 0.3) is 0 Å². The summed E-state index contributed by atoms with van der Waals surface area (Å²) >= 11 is 0. The molecule has 0 aliphatic carbocycles. The molecule has 2 nitrogen and oxygen atoms in total. The first kappa shape index (κ1) is 12.0. The molecular formula is C12H25NO. The van der Waals surface area contributed by atoms with Crippen LogP contribution in [0.5, 0.6) is 0 Å². The van der Waals surface area contributed by atoms with E-state index < -0.39 is 0 Å². The summed E-state index contributed by atoms with van der Waals surface area (Å²) in [6.45, 7) is 8.81. The predicted molar refractivity (Wildman–Crippen MR) is 60.5 cm³/mol. The molecule has 0 aromatic rings. The summed E-state index contributed by atoms with van der Waals surface area (Å²) in [5, 5.41) is 3.66. The van der Waals surface area contributed by atoms with Gasteiger partial charge in [0.1, 0.15) is 0 Å². The Bertz CT molecular complexity index is 149. The van der Waals surface area contributed by atoms with Crippen LogP contribution in [0.2, 0.25) is 0 Å². The summed E-state index contributed by atoms with van der Waals surface area (Å²) in [5.74, 6) is 0.737. The maximum Gasteiger partial charge on any atom is 0.0588 e. The zero-order valence-corrected chi connectivity index (χ0v) is 9.88. The Balaban J connectivity index is 2.17. The molecule has 1 rings (SSSR count). The van der Waals surface area contributed by atoms with Gasteiger partial charge in [-0.2, -0.15) is 0 Å². The van der Waals surface area contributed by atoms with E-state index in [0.29, 0.717) is 12.1 Å². The number of nitrogens with one attached hydrogen (secondary N) is 1. The normalized spacial score (nSPS) is 29.4. The summed E-state index contributed by atoms with van der Waals surface area (Å²) in [6.07, 6.45) is 5.52. The molecule has 1 aliphatic rings. The van der Waals surface area contributed by atoms with Crippen molar-refractivity contribution < 1.29 is 4.74 Å². The Labute approximate surface area is 88.4 Å². The van der Waals surface area contributed by atoms with Crippen LogP contribution in [-0.4, -0.2) is 25.3 Å². The Morgan fingerprint density at radius 3 is 2.71 bits per heavy atom. The van der Waals surface area contributed by atoms with E-state index in [1.807, 2.05) is 0 Å². The summed E-state index contributed by atoms with van der Waals surface area (Å²) in [5.41, 5.74) is 0. The van der Waals surface area contributed by atoms with Crippen LogP contribution in [0.4, 0.5) is 0 Å². The third-order valence-corrected chi connectivity index (χ3v) is 3.33. The predicted octanol–water partition coefficient (Wildman–Crippen LogP) is 2.58. The van der Waals surface area contributed by atoms with Gasteiger partial charge in [-0.1, -0.05) is 20.3 Å². The minimum absolute atomic E-state index is 0.460. The Morgan fingerprint density at radius 1 is 1.43 bits per heavy atom. The lowest BCUT2D eigenvalue weighted by molar-refractivity contribution is 0.104. The molecule has 0 spiro atoms. The average molecular weight is 199 g/mol. The number of rotatable bonds is 6. The largest absolute Gasteiger partial charge is 0.378 e. The van der Waals surface area contributed by atoms with E-state index in [-0.39, 0.29) is 0 Å². The quantitative estimate of drug-likeness (QED) is 0.710. The highest BCUT2D eigenvalue weighted by Gasteiger charge is 2.24. The highest BCUT2D eigenvalue weighted by Crippen LogP contribution is 2.19. The Morgan fingerprint density at radius 2 is 2.21 bits per heavy atom.